The molecule has 1 aromatic carbocycles. The molecule has 1 amide bonds. The van der Waals surface area contributed by atoms with Crippen molar-refractivity contribution in [3.63, 3.8) is 0 Å². The third kappa shape index (κ3) is 3.81. The van der Waals surface area contributed by atoms with Gasteiger partial charge in [0, 0.05) is 13.1 Å². The quantitative estimate of drug-likeness (QED) is 0.713. The summed E-state index contributed by atoms with van der Waals surface area (Å²) < 4.78 is 0. The van der Waals surface area contributed by atoms with Crippen molar-refractivity contribution in [3.05, 3.63) is 35.4 Å². The number of aliphatic hydroxyl groups excluding tert-OH is 1. The second-order valence-electron chi connectivity index (χ2n) is 5.33. The molecule has 0 fully saturated rings. The predicted octanol–water partition coefficient (Wildman–Crippen LogP) is 1.91. The van der Waals surface area contributed by atoms with E-state index in [-0.39, 0.29) is 12.5 Å². The first-order chi connectivity index (χ1) is 9.49. The minimum atomic E-state index is -0.691. The molecule has 1 atom stereocenters. The summed E-state index contributed by atoms with van der Waals surface area (Å²) in [5, 5.41) is 12.9. The van der Waals surface area contributed by atoms with Crippen LogP contribution in [0.15, 0.2) is 24.3 Å². The van der Waals surface area contributed by atoms with E-state index < -0.39 is 11.5 Å². The van der Waals surface area contributed by atoms with Gasteiger partial charge in [0.1, 0.15) is 0 Å². The topological polar surface area (TPSA) is 75.4 Å². The van der Waals surface area contributed by atoms with Gasteiger partial charge < -0.3 is 16.2 Å². The second kappa shape index (κ2) is 7.41. The molecular weight excluding hydrogens is 252 g/mol. The van der Waals surface area contributed by atoms with Crippen molar-refractivity contribution in [2.24, 2.45) is 11.1 Å². The lowest BCUT2D eigenvalue weighted by molar-refractivity contribution is -0.131. The molecular formula is C16H26N2O2. The molecule has 0 bridgehead atoms. The predicted molar refractivity (Wildman–Crippen MR) is 81.2 cm³/mol. The summed E-state index contributed by atoms with van der Waals surface area (Å²) in [5.74, 6) is -0.0730. The highest BCUT2D eigenvalue weighted by Crippen LogP contribution is 2.25. The monoisotopic (exact) mass is 278 g/mol. The Morgan fingerprint density at radius 2 is 1.85 bits per heavy atom. The Labute approximate surface area is 121 Å². The maximum Gasteiger partial charge on any atom is 0.227 e. The Kier molecular flexibility index (Phi) is 6.17. The van der Waals surface area contributed by atoms with Gasteiger partial charge in [0.25, 0.3) is 0 Å². The lowest BCUT2D eigenvalue weighted by Crippen LogP contribution is -2.46. The van der Waals surface area contributed by atoms with Crippen molar-refractivity contribution in [1.29, 1.82) is 0 Å². The van der Waals surface area contributed by atoms with Crippen LogP contribution in [0.3, 0.4) is 0 Å². The Balaban J connectivity index is 2.62. The van der Waals surface area contributed by atoms with Crippen LogP contribution in [0.2, 0.25) is 0 Å². The van der Waals surface area contributed by atoms with Crippen LogP contribution in [0.4, 0.5) is 0 Å². The smallest absolute Gasteiger partial charge is 0.227 e. The van der Waals surface area contributed by atoms with Gasteiger partial charge in [-0.05, 0) is 25.3 Å². The summed E-state index contributed by atoms with van der Waals surface area (Å²) >= 11 is 0. The molecule has 1 rings (SSSR count). The highest BCUT2D eigenvalue weighted by molar-refractivity contribution is 5.82. The molecule has 1 unspecified atom stereocenters. The van der Waals surface area contributed by atoms with E-state index in [9.17, 15) is 9.90 Å². The zero-order chi connectivity index (χ0) is 15.2. The first kappa shape index (κ1) is 16.7. The van der Waals surface area contributed by atoms with Crippen LogP contribution in [0, 0.1) is 12.3 Å². The lowest BCUT2D eigenvalue weighted by atomic mass is 9.81. The first-order valence-corrected chi connectivity index (χ1v) is 7.22. The summed E-state index contributed by atoms with van der Waals surface area (Å²) in [7, 11) is 0. The van der Waals surface area contributed by atoms with E-state index >= 15 is 0 Å². The largest absolute Gasteiger partial charge is 0.387 e. The van der Waals surface area contributed by atoms with Crippen LogP contribution in [-0.4, -0.2) is 24.1 Å². The molecule has 0 aromatic heterocycles. The molecule has 0 spiro atoms. The third-order valence-electron chi connectivity index (χ3n) is 4.14. The molecule has 4 N–H and O–H groups in total. The van der Waals surface area contributed by atoms with Crippen LogP contribution in [0.5, 0.6) is 0 Å². The standard InChI is InChI=1S/C16H26N2O2/c1-4-16(5-2,11-17)15(20)18-10-14(19)13-8-6-12(3)7-9-13/h6-9,14,19H,4-5,10-11,17H2,1-3H3,(H,18,20). The summed E-state index contributed by atoms with van der Waals surface area (Å²) in [5.41, 5.74) is 7.17. The van der Waals surface area contributed by atoms with Crippen LogP contribution >= 0.6 is 0 Å². The number of nitrogens with one attached hydrogen (secondary N) is 1. The Morgan fingerprint density at radius 3 is 2.30 bits per heavy atom. The van der Waals surface area contributed by atoms with Gasteiger partial charge in [0.05, 0.1) is 11.5 Å². The van der Waals surface area contributed by atoms with E-state index in [4.69, 9.17) is 5.73 Å². The molecule has 4 heteroatoms. The number of aliphatic hydroxyl groups is 1. The highest BCUT2D eigenvalue weighted by atomic mass is 16.3. The number of carbonyl (C=O) groups is 1. The highest BCUT2D eigenvalue weighted by Gasteiger charge is 2.33. The van der Waals surface area contributed by atoms with Gasteiger partial charge in [0.2, 0.25) is 5.91 Å². The van der Waals surface area contributed by atoms with Crippen LogP contribution < -0.4 is 11.1 Å². The van der Waals surface area contributed by atoms with Gasteiger partial charge in [0.15, 0.2) is 0 Å². The first-order valence-electron chi connectivity index (χ1n) is 7.22. The number of hydrogen-bond acceptors (Lipinski definition) is 3. The number of hydrogen-bond donors (Lipinski definition) is 3. The lowest BCUT2D eigenvalue weighted by Gasteiger charge is -2.29. The Morgan fingerprint density at radius 1 is 1.30 bits per heavy atom. The second-order valence-corrected chi connectivity index (χ2v) is 5.33. The summed E-state index contributed by atoms with van der Waals surface area (Å²) in [6.45, 7) is 6.46. The Bertz CT molecular complexity index is 416. The molecule has 0 aliphatic carbocycles. The molecule has 0 radical (unpaired) electrons. The normalized spacial score (nSPS) is 13.1. The fourth-order valence-electron chi connectivity index (χ4n) is 2.24. The van der Waals surface area contributed by atoms with Crippen LogP contribution in [-0.2, 0) is 4.79 Å². The minimum Gasteiger partial charge on any atom is -0.387 e. The zero-order valence-electron chi connectivity index (χ0n) is 12.6. The van der Waals surface area contributed by atoms with Gasteiger partial charge in [-0.25, -0.2) is 0 Å². The van der Waals surface area contributed by atoms with Crippen molar-refractivity contribution in [2.75, 3.05) is 13.1 Å². The fourth-order valence-corrected chi connectivity index (χ4v) is 2.24. The molecule has 0 saturated heterocycles. The van der Waals surface area contributed by atoms with E-state index in [2.05, 4.69) is 5.32 Å². The maximum absolute atomic E-state index is 12.2. The number of aryl methyl sites for hydroxylation is 1. The van der Waals surface area contributed by atoms with Gasteiger partial charge in [-0.1, -0.05) is 43.7 Å². The molecule has 0 heterocycles. The van der Waals surface area contributed by atoms with Gasteiger partial charge in [-0.15, -0.1) is 0 Å². The summed E-state index contributed by atoms with van der Waals surface area (Å²) in [6, 6.07) is 7.65. The average Bonchev–Trinajstić information content (AvgIpc) is 2.48. The van der Waals surface area contributed by atoms with E-state index in [0.29, 0.717) is 19.4 Å². The number of nitrogens with two attached hydrogens (primary N) is 1. The van der Waals surface area contributed by atoms with Gasteiger partial charge in [-0.3, -0.25) is 4.79 Å². The number of amides is 1. The molecule has 0 saturated carbocycles. The van der Waals surface area contributed by atoms with Crippen LogP contribution in [0.25, 0.3) is 0 Å². The molecule has 4 nitrogen and oxygen atoms in total. The van der Waals surface area contributed by atoms with Crippen LogP contribution in [0.1, 0.15) is 43.9 Å². The molecule has 20 heavy (non-hydrogen) atoms. The van der Waals surface area contributed by atoms with E-state index in [1.165, 1.54) is 0 Å². The van der Waals surface area contributed by atoms with E-state index in [0.717, 1.165) is 11.1 Å². The average molecular weight is 278 g/mol. The minimum absolute atomic E-state index is 0.0730. The SMILES string of the molecule is CCC(CC)(CN)C(=O)NCC(O)c1ccc(C)cc1. The fraction of sp³-hybridized carbons (Fsp3) is 0.562. The number of rotatable bonds is 7. The summed E-state index contributed by atoms with van der Waals surface area (Å²) in [4.78, 5) is 12.2. The van der Waals surface area contributed by atoms with Crippen molar-refractivity contribution < 1.29 is 9.90 Å². The van der Waals surface area contributed by atoms with Crippen molar-refractivity contribution in [1.82, 2.24) is 5.32 Å². The number of benzene rings is 1. The zero-order valence-corrected chi connectivity index (χ0v) is 12.6. The van der Waals surface area contributed by atoms with Gasteiger partial charge in [-0.2, -0.15) is 0 Å². The van der Waals surface area contributed by atoms with E-state index in [1.54, 1.807) is 0 Å². The number of carbonyl (C=O) groups excluding carboxylic acids is 1. The van der Waals surface area contributed by atoms with Gasteiger partial charge >= 0.3 is 0 Å². The summed E-state index contributed by atoms with van der Waals surface area (Å²) in [6.07, 6.45) is 0.711. The molecule has 112 valence electrons. The maximum atomic E-state index is 12.2. The molecule has 1 aromatic rings. The van der Waals surface area contributed by atoms with Crippen molar-refractivity contribution >= 4 is 5.91 Å². The third-order valence-corrected chi connectivity index (χ3v) is 4.14. The van der Waals surface area contributed by atoms with Crippen molar-refractivity contribution in [2.45, 2.75) is 39.7 Å². The van der Waals surface area contributed by atoms with Crippen molar-refractivity contribution in [3.8, 4) is 0 Å². The van der Waals surface area contributed by atoms with E-state index in [1.807, 2.05) is 45.0 Å². The Hall–Kier alpha value is -1.39. The molecule has 0 aliphatic heterocycles. The molecule has 0 aliphatic rings.